The molecule has 1 aromatic heterocycles. The first-order chi connectivity index (χ1) is 10.7. The van der Waals surface area contributed by atoms with Gasteiger partial charge in [0.05, 0.1) is 18.2 Å². The second-order valence-corrected chi connectivity index (χ2v) is 7.36. The highest BCUT2D eigenvalue weighted by atomic mass is 79.9. The number of halogens is 1. The number of aryl methyl sites for hydroxylation is 2. The smallest absolute Gasteiger partial charge is 0.339 e. The van der Waals surface area contributed by atoms with Gasteiger partial charge in [0, 0.05) is 21.1 Å². The van der Waals surface area contributed by atoms with Gasteiger partial charge in [-0.05, 0) is 62.2 Å². The van der Waals surface area contributed by atoms with Gasteiger partial charge in [-0.3, -0.25) is 4.98 Å². The molecule has 0 aliphatic carbocycles. The molecule has 23 heavy (non-hydrogen) atoms. The average Bonchev–Trinajstić information content (AvgIpc) is 2.45. The van der Waals surface area contributed by atoms with Crippen molar-refractivity contribution in [1.29, 1.82) is 0 Å². The summed E-state index contributed by atoms with van der Waals surface area (Å²) in [6, 6.07) is 5.91. The lowest BCUT2D eigenvalue weighted by molar-refractivity contribution is -0.164. The van der Waals surface area contributed by atoms with Crippen LogP contribution in [0.25, 0.3) is 10.9 Å². The van der Waals surface area contributed by atoms with Gasteiger partial charge in [0.2, 0.25) is 0 Å². The highest BCUT2D eigenvalue weighted by Crippen LogP contribution is 2.34. The molecule has 5 heteroatoms. The van der Waals surface area contributed by atoms with E-state index in [0.29, 0.717) is 0 Å². The maximum atomic E-state index is 12.3. The van der Waals surface area contributed by atoms with E-state index in [4.69, 9.17) is 9.47 Å². The topological polar surface area (TPSA) is 48.4 Å². The summed E-state index contributed by atoms with van der Waals surface area (Å²) in [4.78, 5) is 17.0. The van der Waals surface area contributed by atoms with E-state index in [2.05, 4.69) is 20.9 Å². The molecule has 124 valence electrons. The molecule has 0 fully saturated rings. The number of nitrogens with zero attached hydrogens (tertiary/aromatic N) is 1. The molecule has 0 N–H and O–H groups in total. The largest absolute Gasteiger partial charge is 0.467 e. The van der Waals surface area contributed by atoms with E-state index < -0.39 is 17.7 Å². The molecule has 0 saturated heterocycles. The summed E-state index contributed by atoms with van der Waals surface area (Å²) in [6.45, 7) is 9.62. The number of esters is 1. The molecular formula is C18H22BrNO3. The number of carbonyl (C=O) groups excluding carboxylic acids is 1. The number of ether oxygens (including phenoxy) is 2. The number of para-hydroxylation sites is 1. The van der Waals surface area contributed by atoms with Gasteiger partial charge in [-0.1, -0.05) is 12.1 Å². The zero-order chi connectivity index (χ0) is 17.4. The molecule has 0 aliphatic heterocycles. The predicted octanol–water partition coefficient (Wildman–Crippen LogP) is 4.64. The minimum atomic E-state index is -0.795. The first-order valence-electron chi connectivity index (χ1n) is 7.46. The molecule has 1 heterocycles. The third-order valence-corrected chi connectivity index (χ3v) is 4.25. The number of fused-ring (bicyclic) bond motifs is 1. The molecule has 0 aliphatic rings. The Morgan fingerprint density at radius 2 is 1.91 bits per heavy atom. The van der Waals surface area contributed by atoms with Crippen molar-refractivity contribution in [2.75, 3.05) is 7.11 Å². The van der Waals surface area contributed by atoms with Crippen LogP contribution in [0.5, 0.6) is 0 Å². The van der Waals surface area contributed by atoms with Gasteiger partial charge in [-0.15, -0.1) is 0 Å². The minimum Gasteiger partial charge on any atom is -0.467 e. The zero-order valence-electron chi connectivity index (χ0n) is 14.4. The van der Waals surface area contributed by atoms with E-state index in [1.165, 1.54) is 7.11 Å². The van der Waals surface area contributed by atoms with E-state index in [9.17, 15) is 4.79 Å². The molecule has 2 aromatic rings. The number of aromatic nitrogens is 1. The number of methoxy groups -OCH3 is 1. The number of rotatable bonds is 3. The summed E-state index contributed by atoms with van der Waals surface area (Å²) >= 11 is 3.53. The second-order valence-electron chi connectivity index (χ2n) is 6.51. The molecule has 0 spiro atoms. The highest BCUT2D eigenvalue weighted by molar-refractivity contribution is 9.10. The normalized spacial score (nSPS) is 13.2. The molecule has 0 unspecified atom stereocenters. The second kappa shape index (κ2) is 6.57. The van der Waals surface area contributed by atoms with Gasteiger partial charge in [-0.2, -0.15) is 0 Å². The molecule has 2 rings (SSSR count). The standard InChI is InChI=1S/C18H22BrNO3/c1-10-12-8-7-9-13(19)15(12)20-11(2)14(10)16(17(21)22-6)23-18(3,4)5/h7-9,16H,1-6H3/t16-/m0/s1. The van der Waals surface area contributed by atoms with Gasteiger partial charge in [0.15, 0.2) is 6.10 Å². The molecule has 0 saturated carbocycles. The Hall–Kier alpha value is -1.46. The van der Waals surface area contributed by atoms with E-state index in [1.807, 2.05) is 52.8 Å². The van der Waals surface area contributed by atoms with Crippen LogP contribution in [0.15, 0.2) is 22.7 Å². The van der Waals surface area contributed by atoms with Gasteiger partial charge >= 0.3 is 5.97 Å². The van der Waals surface area contributed by atoms with E-state index in [0.717, 1.165) is 32.2 Å². The number of benzene rings is 1. The predicted molar refractivity (Wildman–Crippen MR) is 94.5 cm³/mol. The summed E-state index contributed by atoms with van der Waals surface area (Å²) < 4.78 is 11.9. The molecule has 1 atom stereocenters. The van der Waals surface area contributed by atoms with Crippen LogP contribution in [0.4, 0.5) is 0 Å². The summed E-state index contributed by atoms with van der Waals surface area (Å²) in [6.07, 6.45) is -0.795. The van der Waals surface area contributed by atoms with Gasteiger partial charge in [0.25, 0.3) is 0 Å². The third kappa shape index (κ3) is 3.72. The molecule has 0 radical (unpaired) electrons. The molecule has 1 aromatic carbocycles. The van der Waals surface area contributed by atoms with Crippen LogP contribution in [0.2, 0.25) is 0 Å². The Bertz CT molecular complexity index is 750. The summed E-state index contributed by atoms with van der Waals surface area (Å²) in [5.41, 5.74) is 2.92. The monoisotopic (exact) mass is 379 g/mol. The zero-order valence-corrected chi connectivity index (χ0v) is 15.9. The third-order valence-electron chi connectivity index (χ3n) is 3.61. The maximum absolute atomic E-state index is 12.3. The lowest BCUT2D eigenvalue weighted by atomic mass is 9.97. The molecular weight excluding hydrogens is 358 g/mol. The Morgan fingerprint density at radius 3 is 2.48 bits per heavy atom. The van der Waals surface area contributed by atoms with Gasteiger partial charge in [0.1, 0.15) is 0 Å². The maximum Gasteiger partial charge on any atom is 0.339 e. The summed E-state index contributed by atoms with van der Waals surface area (Å²) in [5, 5.41) is 0.992. The van der Waals surface area contributed by atoms with E-state index in [-0.39, 0.29) is 0 Å². The van der Waals surface area contributed by atoms with Crippen LogP contribution in [-0.2, 0) is 14.3 Å². The number of hydrogen-bond donors (Lipinski definition) is 0. The SMILES string of the molecule is COC(=O)[C@@H](OC(C)(C)C)c1c(C)nc2c(Br)cccc2c1C. The Morgan fingerprint density at radius 1 is 1.26 bits per heavy atom. The lowest BCUT2D eigenvalue weighted by Crippen LogP contribution is -2.29. The van der Waals surface area contributed by atoms with Crippen LogP contribution in [0.1, 0.15) is 43.7 Å². The van der Waals surface area contributed by atoms with Gasteiger partial charge in [-0.25, -0.2) is 4.79 Å². The van der Waals surface area contributed by atoms with Gasteiger partial charge < -0.3 is 9.47 Å². The average molecular weight is 380 g/mol. The highest BCUT2D eigenvalue weighted by Gasteiger charge is 2.31. The van der Waals surface area contributed by atoms with Crippen LogP contribution in [0.3, 0.4) is 0 Å². The fourth-order valence-electron chi connectivity index (χ4n) is 2.65. The number of carbonyl (C=O) groups is 1. The van der Waals surface area contributed by atoms with Crippen molar-refractivity contribution in [3.05, 3.63) is 39.5 Å². The Labute approximate surface area is 145 Å². The van der Waals surface area contributed by atoms with Crippen molar-refractivity contribution < 1.29 is 14.3 Å². The molecule has 0 amide bonds. The summed E-state index contributed by atoms with van der Waals surface area (Å²) in [7, 11) is 1.37. The number of hydrogen-bond acceptors (Lipinski definition) is 4. The van der Waals surface area contributed by atoms with Crippen LogP contribution in [-0.4, -0.2) is 23.7 Å². The van der Waals surface area contributed by atoms with E-state index >= 15 is 0 Å². The first-order valence-corrected chi connectivity index (χ1v) is 8.26. The fraction of sp³-hybridized carbons (Fsp3) is 0.444. The molecule has 4 nitrogen and oxygen atoms in total. The fourth-order valence-corrected chi connectivity index (χ4v) is 3.10. The first kappa shape index (κ1) is 17.9. The summed E-state index contributed by atoms with van der Waals surface area (Å²) in [5.74, 6) is -0.415. The molecule has 0 bridgehead atoms. The van der Waals surface area contributed by atoms with Crippen molar-refractivity contribution in [3.63, 3.8) is 0 Å². The van der Waals surface area contributed by atoms with Crippen LogP contribution in [0, 0.1) is 13.8 Å². The van der Waals surface area contributed by atoms with Crippen molar-refractivity contribution in [2.24, 2.45) is 0 Å². The van der Waals surface area contributed by atoms with Crippen LogP contribution < -0.4 is 0 Å². The van der Waals surface area contributed by atoms with Crippen molar-refractivity contribution >= 4 is 32.8 Å². The Balaban J connectivity index is 2.70. The van der Waals surface area contributed by atoms with Crippen molar-refractivity contribution in [1.82, 2.24) is 4.98 Å². The van der Waals surface area contributed by atoms with Crippen molar-refractivity contribution in [3.8, 4) is 0 Å². The lowest BCUT2D eigenvalue weighted by Gasteiger charge is -2.28. The van der Waals surface area contributed by atoms with Crippen LogP contribution >= 0.6 is 15.9 Å². The Kier molecular flexibility index (Phi) is 5.11. The number of pyridine rings is 1. The van der Waals surface area contributed by atoms with Crippen molar-refractivity contribution in [2.45, 2.75) is 46.3 Å². The minimum absolute atomic E-state index is 0.415. The quantitative estimate of drug-likeness (QED) is 0.728. The van der Waals surface area contributed by atoms with E-state index in [1.54, 1.807) is 0 Å².